The largest absolute Gasteiger partial charge is 0.481 e. The second kappa shape index (κ2) is 6.89. The van der Waals surface area contributed by atoms with E-state index in [-0.39, 0.29) is 18.2 Å². The Hall–Kier alpha value is -1.58. The van der Waals surface area contributed by atoms with Gasteiger partial charge in [-0.25, -0.2) is 0 Å². The molecule has 0 aromatic rings. The molecule has 0 aromatic carbocycles. The van der Waals surface area contributed by atoms with E-state index in [0.717, 1.165) is 12.8 Å². The van der Waals surface area contributed by atoms with Crippen molar-refractivity contribution in [2.45, 2.75) is 26.2 Å². The summed E-state index contributed by atoms with van der Waals surface area (Å²) in [6, 6.07) is 0. The second-order valence-electron chi connectivity index (χ2n) is 4.25. The molecule has 1 amide bonds. The zero-order valence-electron chi connectivity index (χ0n) is 10.1. The number of carbonyl (C=O) groups is 2. The number of hydrogen-bond acceptors (Lipinski definition) is 2. The zero-order valence-corrected chi connectivity index (χ0v) is 10.1. The second-order valence-corrected chi connectivity index (χ2v) is 4.25. The average Bonchev–Trinajstić information content (AvgIpc) is 2.29. The molecule has 94 valence electrons. The number of carbonyl (C=O) groups excluding carboxylic acids is 1. The predicted molar refractivity (Wildman–Crippen MR) is 65.5 cm³/mol. The lowest BCUT2D eigenvalue weighted by atomic mass is 9.93. The lowest BCUT2D eigenvalue weighted by Crippen LogP contribution is -2.37. The van der Waals surface area contributed by atoms with Crippen molar-refractivity contribution in [2.75, 3.05) is 13.1 Å². The minimum atomic E-state index is -0.747. The Morgan fingerprint density at radius 2 is 1.94 bits per heavy atom. The Kier molecular flexibility index (Phi) is 5.46. The van der Waals surface area contributed by atoms with Gasteiger partial charge in [-0.2, -0.15) is 0 Å². The summed E-state index contributed by atoms with van der Waals surface area (Å²) >= 11 is 0. The summed E-state index contributed by atoms with van der Waals surface area (Å²) in [7, 11) is 0. The highest BCUT2D eigenvalue weighted by Crippen LogP contribution is 2.20. The Bertz CT molecular complexity index is 326. The maximum atomic E-state index is 11.7. The van der Waals surface area contributed by atoms with Crippen molar-refractivity contribution in [1.29, 1.82) is 0 Å². The van der Waals surface area contributed by atoms with Crippen LogP contribution in [0.5, 0.6) is 0 Å². The molecule has 4 heteroatoms. The molecule has 0 radical (unpaired) electrons. The number of carboxylic acids is 1. The number of nitrogens with zero attached hydrogens (tertiary/aromatic N) is 1. The van der Waals surface area contributed by atoms with Gasteiger partial charge in [0, 0.05) is 25.6 Å². The van der Waals surface area contributed by atoms with E-state index in [2.05, 4.69) is 0 Å². The maximum absolute atomic E-state index is 11.7. The first-order valence-electron chi connectivity index (χ1n) is 5.93. The molecule has 1 fully saturated rings. The van der Waals surface area contributed by atoms with Crippen molar-refractivity contribution >= 4 is 11.9 Å². The first-order valence-corrected chi connectivity index (χ1v) is 5.93. The molecular weight excluding hydrogens is 218 g/mol. The molecule has 4 nitrogen and oxygen atoms in total. The SMILES string of the molecule is CC=CC=CC(=O)N1CCC(CC(=O)O)CC1. The van der Waals surface area contributed by atoms with Crippen LogP contribution in [0.4, 0.5) is 0 Å². The highest BCUT2D eigenvalue weighted by molar-refractivity contribution is 5.87. The van der Waals surface area contributed by atoms with Gasteiger partial charge in [-0.1, -0.05) is 18.2 Å². The standard InChI is InChI=1S/C13H19NO3/c1-2-3-4-5-12(15)14-8-6-11(7-9-14)10-13(16)17/h2-5,11H,6-10H2,1H3,(H,16,17). The normalized spacial score (nSPS) is 18.1. The van der Waals surface area contributed by atoms with Gasteiger partial charge >= 0.3 is 5.97 Å². The van der Waals surface area contributed by atoms with Crippen molar-refractivity contribution in [3.63, 3.8) is 0 Å². The van der Waals surface area contributed by atoms with E-state index in [9.17, 15) is 9.59 Å². The lowest BCUT2D eigenvalue weighted by molar-refractivity contribution is -0.138. The highest BCUT2D eigenvalue weighted by Gasteiger charge is 2.22. The fourth-order valence-corrected chi connectivity index (χ4v) is 1.96. The summed E-state index contributed by atoms with van der Waals surface area (Å²) in [5.41, 5.74) is 0. The monoisotopic (exact) mass is 237 g/mol. The predicted octanol–water partition coefficient (Wildman–Crippen LogP) is 1.83. The summed E-state index contributed by atoms with van der Waals surface area (Å²) in [6.45, 7) is 3.22. The van der Waals surface area contributed by atoms with Gasteiger partial charge in [0.1, 0.15) is 0 Å². The molecule has 1 rings (SSSR count). The quantitative estimate of drug-likeness (QED) is 0.599. The van der Waals surface area contributed by atoms with Crippen LogP contribution in [0.1, 0.15) is 26.2 Å². The third-order valence-electron chi connectivity index (χ3n) is 2.93. The van der Waals surface area contributed by atoms with Gasteiger partial charge in [0.25, 0.3) is 0 Å². The molecule has 17 heavy (non-hydrogen) atoms. The third kappa shape index (κ3) is 4.85. The molecule has 0 aromatic heterocycles. The first-order chi connectivity index (χ1) is 8.13. The van der Waals surface area contributed by atoms with Crippen molar-refractivity contribution in [2.24, 2.45) is 5.92 Å². The number of aliphatic carboxylic acids is 1. The van der Waals surface area contributed by atoms with Crippen LogP contribution >= 0.6 is 0 Å². The van der Waals surface area contributed by atoms with Crippen LogP contribution in [0.15, 0.2) is 24.3 Å². The molecule has 0 bridgehead atoms. The molecule has 0 spiro atoms. The minimum Gasteiger partial charge on any atom is -0.481 e. The zero-order chi connectivity index (χ0) is 12.7. The van der Waals surface area contributed by atoms with E-state index in [1.54, 1.807) is 17.1 Å². The Labute approximate surface area is 102 Å². The Morgan fingerprint density at radius 1 is 1.29 bits per heavy atom. The molecule has 1 aliphatic rings. The number of amides is 1. The first kappa shape index (κ1) is 13.5. The molecule has 0 saturated carbocycles. The van der Waals surface area contributed by atoms with Gasteiger partial charge in [-0.3, -0.25) is 9.59 Å². The van der Waals surface area contributed by atoms with E-state index in [0.29, 0.717) is 13.1 Å². The van der Waals surface area contributed by atoms with Crippen LogP contribution in [0.3, 0.4) is 0 Å². The third-order valence-corrected chi connectivity index (χ3v) is 2.93. The number of rotatable bonds is 4. The van der Waals surface area contributed by atoms with Crippen LogP contribution < -0.4 is 0 Å². The summed E-state index contributed by atoms with van der Waals surface area (Å²) < 4.78 is 0. The van der Waals surface area contributed by atoms with Crippen LogP contribution in [0.2, 0.25) is 0 Å². The maximum Gasteiger partial charge on any atom is 0.303 e. The lowest BCUT2D eigenvalue weighted by Gasteiger charge is -2.30. The number of allylic oxidation sites excluding steroid dienone is 3. The van der Waals surface area contributed by atoms with Gasteiger partial charge in [0.2, 0.25) is 5.91 Å². The van der Waals surface area contributed by atoms with Crippen LogP contribution in [-0.2, 0) is 9.59 Å². The number of hydrogen-bond donors (Lipinski definition) is 1. The van der Waals surface area contributed by atoms with E-state index >= 15 is 0 Å². The number of piperidine rings is 1. The molecule has 1 saturated heterocycles. The fourth-order valence-electron chi connectivity index (χ4n) is 1.96. The topological polar surface area (TPSA) is 57.6 Å². The molecule has 0 aliphatic carbocycles. The Morgan fingerprint density at radius 3 is 2.47 bits per heavy atom. The summed E-state index contributed by atoms with van der Waals surface area (Å²) in [4.78, 5) is 24.0. The summed E-state index contributed by atoms with van der Waals surface area (Å²) in [5, 5.41) is 8.68. The molecule has 0 atom stereocenters. The van der Waals surface area contributed by atoms with E-state index in [1.165, 1.54) is 0 Å². The van der Waals surface area contributed by atoms with Crippen LogP contribution in [0, 0.1) is 5.92 Å². The van der Waals surface area contributed by atoms with Gasteiger partial charge < -0.3 is 10.0 Å². The fraction of sp³-hybridized carbons (Fsp3) is 0.538. The summed E-state index contributed by atoms with van der Waals surface area (Å²) in [6.07, 6.45) is 8.75. The molecule has 1 heterocycles. The van der Waals surface area contributed by atoms with Gasteiger partial charge in [-0.05, 0) is 25.7 Å². The average molecular weight is 237 g/mol. The van der Waals surface area contributed by atoms with Gasteiger partial charge in [0.15, 0.2) is 0 Å². The van der Waals surface area contributed by atoms with E-state index < -0.39 is 5.97 Å². The van der Waals surface area contributed by atoms with Crippen molar-refractivity contribution in [3.05, 3.63) is 24.3 Å². The number of likely N-dealkylation sites (tertiary alicyclic amines) is 1. The molecule has 0 unspecified atom stereocenters. The summed E-state index contributed by atoms with van der Waals surface area (Å²) in [5.74, 6) is -0.518. The van der Waals surface area contributed by atoms with Gasteiger partial charge in [0.05, 0.1) is 0 Å². The van der Waals surface area contributed by atoms with Crippen LogP contribution in [-0.4, -0.2) is 35.0 Å². The van der Waals surface area contributed by atoms with Crippen LogP contribution in [0.25, 0.3) is 0 Å². The molecule has 1 aliphatic heterocycles. The molecular formula is C13H19NO3. The van der Waals surface area contributed by atoms with Crippen molar-refractivity contribution in [1.82, 2.24) is 4.90 Å². The van der Waals surface area contributed by atoms with Gasteiger partial charge in [-0.15, -0.1) is 0 Å². The Balaban J connectivity index is 2.36. The van der Waals surface area contributed by atoms with E-state index in [4.69, 9.17) is 5.11 Å². The number of carboxylic acid groups (broad SMARTS) is 1. The van der Waals surface area contributed by atoms with Crippen molar-refractivity contribution < 1.29 is 14.7 Å². The van der Waals surface area contributed by atoms with E-state index in [1.807, 2.05) is 19.1 Å². The smallest absolute Gasteiger partial charge is 0.303 e. The minimum absolute atomic E-state index is 0.0110. The highest BCUT2D eigenvalue weighted by atomic mass is 16.4. The van der Waals surface area contributed by atoms with Crippen molar-refractivity contribution in [3.8, 4) is 0 Å². The molecule has 1 N–H and O–H groups in total.